The van der Waals surface area contributed by atoms with Crippen molar-refractivity contribution >= 4 is 17.4 Å². The molecule has 0 spiro atoms. The number of hydrogen-bond donors (Lipinski definition) is 1. The molecule has 0 aliphatic carbocycles. The second kappa shape index (κ2) is 2.96. The molecule has 9 heavy (non-hydrogen) atoms. The molecule has 0 heterocycles. The molecule has 0 rings (SSSR count). The molecule has 0 aliphatic heterocycles. The summed E-state index contributed by atoms with van der Waals surface area (Å²) < 4.78 is 12.7. The Labute approximate surface area is 57.4 Å². The van der Waals surface area contributed by atoms with Crippen molar-refractivity contribution in [3.8, 4) is 0 Å². The normalized spacial score (nSPS) is 14.6. The third kappa shape index (κ3) is 3.24. The molecule has 0 aliphatic rings. The fourth-order valence-corrected chi connectivity index (χ4v) is 0.661. The standard InChI is InChI=1S/C5H11NO2S/c1-5(2,3)9(8)6-4-7/h4H,1-3H3,(H,6,7). The number of hydrogen-bond acceptors (Lipinski definition) is 2. The number of nitrogens with one attached hydrogen (secondary N) is 1. The molecule has 0 saturated carbocycles. The van der Waals surface area contributed by atoms with Crippen LogP contribution in [0.2, 0.25) is 0 Å². The lowest BCUT2D eigenvalue weighted by Gasteiger charge is -2.15. The average Bonchev–Trinajstić information content (AvgIpc) is 1.64. The lowest BCUT2D eigenvalue weighted by molar-refractivity contribution is -0.108. The minimum atomic E-state index is -1.26. The van der Waals surface area contributed by atoms with Gasteiger partial charge in [-0.05, 0) is 20.8 Å². The van der Waals surface area contributed by atoms with Gasteiger partial charge in [-0.25, -0.2) is 4.21 Å². The quantitative estimate of drug-likeness (QED) is 0.570. The summed E-state index contributed by atoms with van der Waals surface area (Å²) in [7, 11) is -1.26. The van der Waals surface area contributed by atoms with E-state index < -0.39 is 11.0 Å². The second-order valence-corrected chi connectivity index (χ2v) is 4.61. The van der Waals surface area contributed by atoms with Crippen LogP contribution in [0.3, 0.4) is 0 Å². The Hall–Kier alpha value is -0.380. The molecule has 0 radical (unpaired) electrons. The summed E-state index contributed by atoms with van der Waals surface area (Å²) >= 11 is 0. The topological polar surface area (TPSA) is 46.2 Å². The van der Waals surface area contributed by atoms with E-state index in [9.17, 15) is 9.00 Å². The van der Waals surface area contributed by atoms with Crippen molar-refractivity contribution in [2.45, 2.75) is 25.5 Å². The van der Waals surface area contributed by atoms with Gasteiger partial charge in [-0.3, -0.25) is 9.52 Å². The molecule has 0 fully saturated rings. The first kappa shape index (κ1) is 8.62. The van der Waals surface area contributed by atoms with Crippen LogP contribution in [0, 0.1) is 0 Å². The molecular formula is C5H11NO2S. The zero-order valence-corrected chi connectivity index (χ0v) is 6.62. The number of amides is 1. The van der Waals surface area contributed by atoms with Crippen LogP contribution in [-0.4, -0.2) is 15.4 Å². The van der Waals surface area contributed by atoms with Gasteiger partial charge in [0.2, 0.25) is 6.41 Å². The predicted molar refractivity (Wildman–Crippen MR) is 37.1 cm³/mol. The minimum absolute atomic E-state index is 0.360. The van der Waals surface area contributed by atoms with E-state index in [2.05, 4.69) is 4.72 Å². The molecule has 0 aromatic rings. The van der Waals surface area contributed by atoms with E-state index in [4.69, 9.17) is 0 Å². The monoisotopic (exact) mass is 149 g/mol. The van der Waals surface area contributed by atoms with Crippen LogP contribution in [0.25, 0.3) is 0 Å². The van der Waals surface area contributed by atoms with Gasteiger partial charge in [-0.1, -0.05) is 0 Å². The molecule has 0 bridgehead atoms. The highest BCUT2D eigenvalue weighted by Gasteiger charge is 2.18. The highest BCUT2D eigenvalue weighted by atomic mass is 32.2. The molecule has 3 nitrogen and oxygen atoms in total. The summed E-state index contributed by atoms with van der Waals surface area (Å²) in [4.78, 5) is 9.76. The molecule has 1 N–H and O–H groups in total. The van der Waals surface area contributed by atoms with Gasteiger partial charge in [0, 0.05) is 0 Å². The average molecular weight is 149 g/mol. The van der Waals surface area contributed by atoms with Gasteiger partial charge >= 0.3 is 0 Å². The summed E-state index contributed by atoms with van der Waals surface area (Å²) in [5.41, 5.74) is 0. The molecular weight excluding hydrogens is 138 g/mol. The van der Waals surface area contributed by atoms with Crippen molar-refractivity contribution in [2.75, 3.05) is 0 Å². The van der Waals surface area contributed by atoms with Crippen LogP contribution in [0.1, 0.15) is 20.8 Å². The predicted octanol–water partition coefficient (Wildman–Crippen LogP) is 0.195. The van der Waals surface area contributed by atoms with Crippen LogP contribution in [0.4, 0.5) is 0 Å². The summed E-state index contributed by atoms with van der Waals surface area (Å²) in [6.07, 6.45) is 0.446. The Morgan fingerprint density at radius 2 is 1.89 bits per heavy atom. The fraction of sp³-hybridized carbons (Fsp3) is 0.800. The van der Waals surface area contributed by atoms with Crippen molar-refractivity contribution in [1.82, 2.24) is 4.72 Å². The number of carbonyl (C=O) groups is 1. The summed E-state index contributed by atoms with van der Waals surface area (Å²) in [5, 5.41) is 0. The molecule has 4 heteroatoms. The number of carbonyl (C=O) groups excluding carboxylic acids is 1. The van der Waals surface area contributed by atoms with Gasteiger partial charge < -0.3 is 0 Å². The van der Waals surface area contributed by atoms with Gasteiger partial charge in [0.05, 0.1) is 4.75 Å². The molecule has 1 unspecified atom stereocenters. The van der Waals surface area contributed by atoms with Gasteiger partial charge in [-0.2, -0.15) is 0 Å². The third-order valence-corrected chi connectivity index (χ3v) is 2.13. The van der Waals surface area contributed by atoms with E-state index in [0.717, 1.165) is 0 Å². The van der Waals surface area contributed by atoms with Crippen LogP contribution >= 0.6 is 0 Å². The van der Waals surface area contributed by atoms with Gasteiger partial charge in [-0.15, -0.1) is 0 Å². The third-order valence-electron chi connectivity index (χ3n) is 0.711. The summed E-state index contributed by atoms with van der Waals surface area (Å²) in [6.45, 7) is 5.37. The summed E-state index contributed by atoms with van der Waals surface area (Å²) in [6, 6.07) is 0. The van der Waals surface area contributed by atoms with Crippen molar-refractivity contribution in [2.24, 2.45) is 0 Å². The first-order valence-corrected chi connectivity index (χ1v) is 3.75. The molecule has 1 amide bonds. The maximum atomic E-state index is 10.8. The van der Waals surface area contributed by atoms with Crippen LogP contribution in [0.15, 0.2) is 0 Å². The fourth-order valence-electron chi connectivity index (χ4n) is 0.220. The van der Waals surface area contributed by atoms with Crippen molar-refractivity contribution in [3.05, 3.63) is 0 Å². The summed E-state index contributed by atoms with van der Waals surface area (Å²) in [5.74, 6) is 0. The molecule has 1 atom stereocenters. The zero-order valence-electron chi connectivity index (χ0n) is 5.80. The maximum absolute atomic E-state index is 10.8. The smallest absolute Gasteiger partial charge is 0.218 e. The lowest BCUT2D eigenvalue weighted by atomic mass is 10.3. The van der Waals surface area contributed by atoms with Gasteiger partial charge in [0.25, 0.3) is 0 Å². The van der Waals surface area contributed by atoms with Crippen molar-refractivity contribution in [3.63, 3.8) is 0 Å². The highest BCUT2D eigenvalue weighted by molar-refractivity contribution is 7.84. The molecule has 0 aromatic heterocycles. The van der Waals surface area contributed by atoms with Crippen molar-refractivity contribution < 1.29 is 9.00 Å². The Bertz CT molecular complexity index is 127. The molecule has 54 valence electrons. The largest absolute Gasteiger partial charge is 0.278 e. The first-order valence-electron chi connectivity index (χ1n) is 2.60. The second-order valence-electron chi connectivity index (χ2n) is 2.62. The van der Waals surface area contributed by atoms with E-state index in [1.807, 2.05) is 0 Å². The van der Waals surface area contributed by atoms with Crippen LogP contribution in [-0.2, 0) is 15.8 Å². The SMILES string of the molecule is CC(C)(C)S(=O)NC=O. The minimum Gasteiger partial charge on any atom is -0.278 e. The van der Waals surface area contributed by atoms with Crippen LogP contribution in [0.5, 0.6) is 0 Å². The van der Waals surface area contributed by atoms with Crippen molar-refractivity contribution in [1.29, 1.82) is 0 Å². The highest BCUT2D eigenvalue weighted by Crippen LogP contribution is 2.07. The van der Waals surface area contributed by atoms with Crippen LogP contribution < -0.4 is 4.72 Å². The van der Waals surface area contributed by atoms with E-state index in [1.54, 1.807) is 20.8 Å². The van der Waals surface area contributed by atoms with E-state index in [0.29, 0.717) is 6.41 Å². The Morgan fingerprint density at radius 1 is 1.44 bits per heavy atom. The van der Waals surface area contributed by atoms with Gasteiger partial charge in [0.15, 0.2) is 0 Å². The Balaban J connectivity index is 3.88. The number of rotatable bonds is 2. The van der Waals surface area contributed by atoms with Gasteiger partial charge in [0.1, 0.15) is 11.0 Å². The zero-order chi connectivity index (χ0) is 7.49. The lowest BCUT2D eigenvalue weighted by Crippen LogP contribution is -2.32. The van der Waals surface area contributed by atoms with E-state index in [-0.39, 0.29) is 4.75 Å². The molecule has 0 saturated heterocycles. The Kier molecular flexibility index (Phi) is 2.84. The first-order chi connectivity index (χ1) is 3.98. The molecule has 0 aromatic carbocycles. The Morgan fingerprint density at radius 3 is 2.00 bits per heavy atom. The maximum Gasteiger partial charge on any atom is 0.218 e. The van der Waals surface area contributed by atoms with E-state index in [1.165, 1.54) is 0 Å². The van der Waals surface area contributed by atoms with E-state index >= 15 is 0 Å².